The summed E-state index contributed by atoms with van der Waals surface area (Å²) in [5, 5.41) is 14.3. The van der Waals surface area contributed by atoms with Gasteiger partial charge in [0.1, 0.15) is 10.7 Å². The number of likely N-dealkylation sites (N-methyl/N-ethyl adjacent to an activating group) is 1. The molecule has 1 saturated carbocycles. The SMILES string of the molecule is CN(CCNc1cccc(Cl)c1[N+](=O)[O-])C1CCCC1. The summed E-state index contributed by atoms with van der Waals surface area (Å²) in [5.74, 6) is 0. The second kappa shape index (κ2) is 6.90. The van der Waals surface area contributed by atoms with Gasteiger partial charge in [-0.2, -0.15) is 0 Å². The van der Waals surface area contributed by atoms with Crippen LogP contribution in [0.4, 0.5) is 11.4 Å². The predicted molar refractivity (Wildman–Crippen MR) is 81.5 cm³/mol. The Labute approximate surface area is 124 Å². The Balaban J connectivity index is 1.90. The summed E-state index contributed by atoms with van der Waals surface area (Å²) in [7, 11) is 2.12. The van der Waals surface area contributed by atoms with Gasteiger partial charge in [-0.15, -0.1) is 0 Å². The largest absolute Gasteiger partial charge is 0.378 e. The van der Waals surface area contributed by atoms with E-state index in [1.807, 2.05) is 0 Å². The molecule has 0 unspecified atom stereocenters. The fourth-order valence-electron chi connectivity index (χ4n) is 2.74. The summed E-state index contributed by atoms with van der Waals surface area (Å²) < 4.78 is 0. The van der Waals surface area contributed by atoms with Crippen molar-refractivity contribution < 1.29 is 4.92 Å². The number of hydrogen-bond donors (Lipinski definition) is 1. The molecule has 5 nitrogen and oxygen atoms in total. The second-order valence-electron chi connectivity index (χ2n) is 5.24. The third kappa shape index (κ3) is 3.61. The van der Waals surface area contributed by atoms with Crippen LogP contribution in [0.2, 0.25) is 5.02 Å². The van der Waals surface area contributed by atoms with Crippen LogP contribution in [0.1, 0.15) is 25.7 Å². The molecule has 0 heterocycles. The Morgan fingerprint density at radius 3 is 2.80 bits per heavy atom. The van der Waals surface area contributed by atoms with E-state index in [-0.39, 0.29) is 10.7 Å². The number of rotatable bonds is 6. The molecule has 0 amide bonds. The number of nitro groups is 1. The molecule has 1 fully saturated rings. The van der Waals surface area contributed by atoms with Crippen molar-refractivity contribution in [2.75, 3.05) is 25.5 Å². The first kappa shape index (κ1) is 15.1. The van der Waals surface area contributed by atoms with Crippen molar-refractivity contribution in [3.63, 3.8) is 0 Å². The van der Waals surface area contributed by atoms with Crippen molar-refractivity contribution >= 4 is 23.0 Å². The molecule has 1 aliphatic rings. The molecule has 0 saturated heterocycles. The molecule has 1 aromatic rings. The zero-order valence-electron chi connectivity index (χ0n) is 11.6. The van der Waals surface area contributed by atoms with Gasteiger partial charge in [-0.3, -0.25) is 10.1 Å². The summed E-state index contributed by atoms with van der Waals surface area (Å²) in [6.07, 6.45) is 5.13. The Hall–Kier alpha value is -1.33. The first-order valence-corrected chi connectivity index (χ1v) is 7.34. The van der Waals surface area contributed by atoms with Crippen molar-refractivity contribution in [1.29, 1.82) is 0 Å². The lowest BCUT2D eigenvalue weighted by Crippen LogP contribution is -2.33. The van der Waals surface area contributed by atoms with E-state index in [1.54, 1.807) is 12.1 Å². The molecule has 0 spiro atoms. The van der Waals surface area contributed by atoms with Crippen LogP contribution >= 0.6 is 11.6 Å². The summed E-state index contributed by atoms with van der Waals surface area (Å²) in [6.45, 7) is 1.54. The van der Waals surface area contributed by atoms with Crippen LogP contribution < -0.4 is 5.32 Å². The van der Waals surface area contributed by atoms with Crippen LogP contribution in [-0.4, -0.2) is 36.0 Å². The lowest BCUT2D eigenvalue weighted by Gasteiger charge is -2.24. The van der Waals surface area contributed by atoms with E-state index in [1.165, 1.54) is 31.7 Å². The van der Waals surface area contributed by atoms with Gasteiger partial charge in [-0.1, -0.05) is 30.5 Å². The molecule has 1 N–H and O–H groups in total. The molecule has 1 aromatic carbocycles. The molecule has 0 aliphatic heterocycles. The molecule has 0 aromatic heterocycles. The van der Waals surface area contributed by atoms with Gasteiger partial charge in [0.25, 0.3) is 0 Å². The van der Waals surface area contributed by atoms with E-state index in [0.717, 1.165) is 6.54 Å². The van der Waals surface area contributed by atoms with Crippen molar-refractivity contribution in [3.8, 4) is 0 Å². The third-order valence-corrected chi connectivity index (χ3v) is 4.20. The maximum atomic E-state index is 11.0. The predicted octanol–water partition coefficient (Wildman–Crippen LogP) is 3.53. The summed E-state index contributed by atoms with van der Waals surface area (Å²) >= 11 is 5.88. The van der Waals surface area contributed by atoms with Crippen LogP contribution in [0.3, 0.4) is 0 Å². The zero-order valence-corrected chi connectivity index (χ0v) is 12.4. The van der Waals surface area contributed by atoms with Crippen LogP contribution in [0.15, 0.2) is 18.2 Å². The minimum absolute atomic E-state index is 0.0438. The van der Waals surface area contributed by atoms with Gasteiger partial charge in [0.2, 0.25) is 0 Å². The van der Waals surface area contributed by atoms with Gasteiger partial charge in [-0.25, -0.2) is 0 Å². The number of nitro benzene ring substituents is 1. The number of benzene rings is 1. The Kier molecular flexibility index (Phi) is 5.20. The number of para-hydroxylation sites is 1. The Morgan fingerprint density at radius 2 is 2.15 bits per heavy atom. The van der Waals surface area contributed by atoms with Crippen molar-refractivity contribution in [3.05, 3.63) is 33.3 Å². The number of halogens is 1. The van der Waals surface area contributed by atoms with E-state index in [2.05, 4.69) is 17.3 Å². The van der Waals surface area contributed by atoms with E-state index in [9.17, 15) is 10.1 Å². The molecule has 6 heteroatoms. The van der Waals surface area contributed by atoms with Crippen molar-refractivity contribution in [2.45, 2.75) is 31.7 Å². The zero-order chi connectivity index (χ0) is 14.5. The summed E-state index contributed by atoms with van der Waals surface area (Å²) in [6, 6.07) is 5.61. The average molecular weight is 298 g/mol. The summed E-state index contributed by atoms with van der Waals surface area (Å²) in [5.41, 5.74) is 0.444. The van der Waals surface area contributed by atoms with Crippen LogP contribution in [0.5, 0.6) is 0 Å². The fourth-order valence-corrected chi connectivity index (χ4v) is 2.98. The first-order valence-electron chi connectivity index (χ1n) is 6.96. The van der Waals surface area contributed by atoms with Crippen molar-refractivity contribution in [1.82, 2.24) is 4.90 Å². The molecule has 20 heavy (non-hydrogen) atoms. The Bertz CT molecular complexity index is 475. The van der Waals surface area contributed by atoms with Gasteiger partial charge >= 0.3 is 5.69 Å². The van der Waals surface area contributed by atoms with Crippen LogP contribution in [0, 0.1) is 10.1 Å². The van der Waals surface area contributed by atoms with Crippen molar-refractivity contribution in [2.24, 2.45) is 0 Å². The molecular weight excluding hydrogens is 278 g/mol. The first-order chi connectivity index (χ1) is 9.59. The number of nitrogens with one attached hydrogen (secondary N) is 1. The smallest absolute Gasteiger partial charge is 0.310 e. The maximum Gasteiger partial charge on any atom is 0.310 e. The third-order valence-electron chi connectivity index (χ3n) is 3.90. The highest BCUT2D eigenvalue weighted by molar-refractivity contribution is 6.33. The lowest BCUT2D eigenvalue weighted by molar-refractivity contribution is -0.383. The highest BCUT2D eigenvalue weighted by Gasteiger charge is 2.20. The van der Waals surface area contributed by atoms with E-state index in [0.29, 0.717) is 18.3 Å². The molecule has 110 valence electrons. The van der Waals surface area contributed by atoms with Gasteiger partial charge < -0.3 is 10.2 Å². The quantitative estimate of drug-likeness (QED) is 0.644. The number of hydrogen-bond acceptors (Lipinski definition) is 4. The highest BCUT2D eigenvalue weighted by Crippen LogP contribution is 2.32. The number of nitrogens with zero attached hydrogens (tertiary/aromatic N) is 2. The van der Waals surface area contributed by atoms with E-state index < -0.39 is 4.92 Å². The maximum absolute atomic E-state index is 11.0. The molecule has 0 atom stereocenters. The molecular formula is C14H20ClN3O2. The second-order valence-corrected chi connectivity index (χ2v) is 5.65. The van der Waals surface area contributed by atoms with Gasteiger partial charge in [0.15, 0.2) is 0 Å². The van der Waals surface area contributed by atoms with E-state index in [4.69, 9.17) is 11.6 Å². The summed E-state index contributed by atoms with van der Waals surface area (Å²) in [4.78, 5) is 12.9. The minimum Gasteiger partial charge on any atom is -0.378 e. The molecule has 2 rings (SSSR count). The standard InChI is InChI=1S/C14H20ClN3O2/c1-17(11-5-2-3-6-11)10-9-16-13-8-4-7-12(15)14(13)18(19)20/h4,7-8,11,16H,2-3,5-6,9-10H2,1H3. The van der Waals surface area contributed by atoms with Gasteiger partial charge in [0, 0.05) is 19.1 Å². The minimum atomic E-state index is -0.439. The fraction of sp³-hybridized carbons (Fsp3) is 0.571. The van der Waals surface area contributed by atoms with Crippen LogP contribution in [-0.2, 0) is 0 Å². The monoisotopic (exact) mass is 297 g/mol. The lowest BCUT2D eigenvalue weighted by atomic mass is 10.2. The molecule has 0 radical (unpaired) electrons. The van der Waals surface area contributed by atoms with Gasteiger partial charge in [-0.05, 0) is 32.0 Å². The van der Waals surface area contributed by atoms with Gasteiger partial charge in [0.05, 0.1) is 4.92 Å². The topological polar surface area (TPSA) is 58.4 Å². The Morgan fingerprint density at radius 1 is 1.45 bits per heavy atom. The average Bonchev–Trinajstić information content (AvgIpc) is 2.92. The highest BCUT2D eigenvalue weighted by atomic mass is 35.5. The van der Waals surface area contributed by atoms with E-state index >= 15 is 0 Å². The molecule has 1 aliphatic carbocycles. The molecule has 0 bridgehead atoms. The number of anilines is 1. The van der Waals surface area contributed by atoms with Crippen LogP contribution in [0.25, 0.3) is 0 Å². The normalized spacial score (nSPS) is 15.8.